The summed E-state index contributed by atoms with van der Waals surface area (Å²) in [5.41, 5.74) is 0. The van der Waals surface area contributed by atoms with Crippen molar-refractivity contribution in [3.63, 3.8) is 0 Å². The van der Waals surface area contributed by atoms with E-state index >= 15 is 0 Å². The Morgan fingerprint density at radius 3 is 2.00 bits per heavy atom. The van der Waals surface area contributed by atoms with Gasteiger partial charge in [-0.3, -0.25) is 9.59 Å². The highest BCUT2D eigenvalue weighted by atomic mass is 16.2. The van der Waals surface area contributed by atoms with Crippen LogP contribution in [0.4, 0.5) is 0 Å². The summed E-state index contributed by atoms with van der Waals surface area (Å²) in [6.45, 7) is 5.94. The molecule has 0 radical (unpaired) electrons. The molecule has 0 spiro atoms. The maximum absolute atomic E-state index is 11.8. The molecule has 0 bridgehead atoms. The molecule has 15 heavy (non-hydrogen) atoms. The van der Waals surface area contributed by atoms with Crippen molar-refractivity contribution in [1.82, 2.24) is 15.1 Å². The number of rotatable bonds is 1. The Morgan fingerprint density at radius 1 is 1.07 bits per heavy atom. The van der Waals surface area contributed by atoms with Gasteiger partial charge in [-0.1, -0.05) is 0 Å². The van der Waals surface area contributed by atoms with Crippen molar-refractivity contribution in [3.8, 4) is 0 Å². The van der Waals surface area contributed by atoms with Crippen LogP contribution in [-0.2, 0) is 9.59 Å². The van der Waals surface area contributed by atoms with Gasteiger partial charge in [0.2, 0.25) is 11.8 Å². The van der Waals surface area contributed by atoms with Gasteiger partial charge in [-0.2, -0.15) is 0 Å². The van der Waals surface area contributed by atoms with E-state index < -0.39 is 0 Å². The normalized spacial score (nSPS) is 22.5. The molecule has 0 saturated carbocycles. The van der Waals surface area contributed by atoms with Crippen LogP contribution in [0.1, 0.15) is 6.92 Å². The van der Waals surface area contributed by atoms with Crippen molar-refractivity contribution >= 4 is 11.8 Å². The van der Waals surface area contributed by atoms with Gasteiger partial charge in [0.05, 0.1) is 5.92 Å². The van der Waals surface area contributed by atoms with Crippen molar-refractivity contribution in [3.05, 3.63) is 0 Å². The van der Waals surface area contributed by atoms with E-state index in [0.717, 1.165) is 13.1 Å². The zero-order chi connectivity index (χ0) is 10.8. The number of hydrogen-bond donors (Lipinski definition) is 1. The van der Waals surface area contributed by atoms with Crippen LogP contribution in [0, 0.1) is 5.92 Å². The highest BCUT2D eigenvalue weighted by molar-refractivity contribution is 5.80. The van der Waals surface area contributed by atoms with E-state index in [1.165, 1.54) is 0 Å². The quantitative estimate of drug-likeness (QED) is 0.599. The lowest BCUT2D eigenvalue weighted by atomic mass is 10.0. The van der Waals surface area contributed by atoms with Gasteiger partial charge in [0.25, 0.3) is 0 Å². The first-order chi connectivity index (χ1) is 7.18. The summed E-state index contributed by atoms with van der Waals surface area (Å²) in [6, 6.07) is 0. The van der Waals surface area contributed by atoms with Gasteiger partial charge < -0.3 is 15.1 Å². The molecule has 2 fully saturated rings. The fourth-order valence-corrected chi connectivity index (χ4v) is 1.96. The van der Waals surface area contributed by atoms with E-state index in [4.69, 9.17) is 0 Å². The largest absolute Gasteiger partial charge is 0.339 e. The molecule has 5 nitrogen and oxygen atoms in total. The Bertz CT molecular complexity index is 268. The topological polar surface area (TPSA) is 52.7 Å². The minimum absolute atomic E-state index is 0.104. The molecule has 2 aliphatic rings. The summed E-state index contributed by atoms with van der Waals surface area (Å²) in [6.07, 6.45) is 0. The lowest BCUT2D eigenvalue weighted by Gasteiger charge is -2.38. The lowest BCUT2D eigenvalue weighted by molar-refractivity contribution is -0.142. The van der Waals surface area contributed by atoms with E-state index in [-0.39, 0.29) is 17.7 Å². The summed E-state index contributed by atoms with van der Waals surface area (Å²) in [7, 11) is 0. The average Bonchev–Trinajstić information content (AvgIpc) is 2.15. The number of carbonyl (C=O) groups excluding carboxylic acids is 2. The second-order valence-corrected chi connectivity index (χ2v) is 4.19. The lowest BCUT2D eigenvalue weighted by Crippen LogP contribution is -2.57. The first-order valence-corrected chi connectivity index (χ1v) is 5.43. The number of nitrogens with one attached hydrogen (secondary N) is 1. The van der Waals surface area contributed by atoms with Crippen LogP contribution < -0.4 is 5.32 Å². The summed E-state index contributed by atoms with van der Waals surface area (Å²) in [4.78, 5) is 26.6. The Kier molecular flexibility index (Phi) is 2.90. The smallest absolute Gasteiger partial charge is 0.228 e. The second-order valence-electron chi connectivity index (χ2n) is 4.19. The van der Waals surface area contributed by atoms with Gasteiger partial charge in [0.15, 0.2) is 0 Å². The zero-order valence-electron chi connectivity index (χ0n) is 9.03. The Hall–Kier alpha value is -1.10. The summed E-state index contributed by atoms with van der Waals surface area (Å²) >= 11 is 0. The Labute approximate surface area is 89.4 Å². The molecule has 84 valence electrons. The first-order valence-electron chi connectivity index (χ1n) is 5.43. The molecule has 0 aromatic carbocycles. The van der Waals surface area contributed by atoms with Crippen LogP contribution in [0.5, 0.6) is 0 Å². The summed E-state index contributed by atoms with van der Waals surface area (Å²) < 4.78 is 0. The molecule has 0 aromatic heterocycles. The van der Waals surface area contributed by atoms with Crippen LogP contribution in [0.3, 0.4) is 0 Å². The van der Waals surface area contributed by atoms with E-state index in [1.807, 2.05) is 4.90 Å². The number of piperazine rings is 1. The third kappa shape index (κ3) is 2.12. The maximum atomic E-state index is 11.8. The van der Waals surface area contributed by atoms with Crippen LogP contribution >= 0.6 is 0 Å². The molecule has 5 heteroatoms. The highest BCUT2D eigenvalue weighted by Crippen LogP contribution is 2.11. The molecule has 1 N–H and O–H groups in total. The first kappa shape index (κ1) is 10.4. The zero-order valence-corrected chi connectivity index (χ0v) is 9.03. The fourth-order valence-electron chi connectivity index (χ4n) is 1.96. The molecule has 0 aromatic rings. The number of nitrogens with zero attached hydrogens (tertiary/aromatic N) is 2. The van der Waals surface area contributed by atoms with E-state index in [1.54, 1.807) is 11.8 Å². The molecular formula is C10H17N3O2. The van der Waals surface area contributed by atoms with E-state index in [9.17, 15) is 9.59 Å². The van der Waals surface area contributed by atoms with Gasteiger partial charge in [0.1, 0.15) is 0 Å². The van der Waals surface area contributed by atoms with Crippen molar-refractivity contribution in [2.75, 3.05) is 39.3 Å². The minimum Gasteiger partial charge on any atom is -0.339 e. The molecule has 2 amide bonds. The highest BCUT2D eigenvalue weighted by Gasteiger charge is 2.31. The predicted octanol–water partition coefficient (Wildman–Crippen LogP) is -1.10. The molecule has 2 heterocycles. The third-order valence-electron chi connectivity index (χ3n) is 3.17. The van der Waals surface area contributed by atoms with Crippen LogP contribution in [0.25, 0.3) is 0 Å². The molecule has 0 unspecified atom stereocenters. The maximum Gasteiger partial charge on any atom is 0.228 e. The monoisotopic (exact) mass is 211 g/mol. The van der Waals surface area contributed by atoms with Gasteiger partial charge in [0, 0.05) is 46.2 Å². The third-order valence-corrected chi connectivity index (χ3v) is 3.17. The van der Waals surface area contributed by atoms with E-state index in [2.05, 4.69) is 5.32 Å². The van der Waals surface area contributed by atoms with Crippen molar-refractivity contribution < 1.29 is 9.59 Å². The number of carbonyl (C=O) groups is 2. The average molecular weight is 211 g/mol. The van der Waals surface area contributed by atoms with Gasteiger partial charge >= 0.3 is 0 Å². The Morgan fingerprint density at radius 2 is 1.60 bits per heavy atom. The standard InChI is InChI=1S/C10H17N3O2/c1-8(14)12-2-4-13(5-3-12)10(15)9-6-11-7-9/h9,11H,2-7H2,1H3. The second kappa shape index (κ2) is 4.18. The molecule has 2 rings (SSSR count). The number of hydrogen-bond acceptors (Lipinski definition) is 3. The van der Waals surface area contributed by atoms with E-state index in [0.29, 0.717) is 26.2 Å². The molecule has 2 saturated heterocycles. The van der Waals surface area contributed by atoms with Crippen molar-refractivity contribution in [2.45, 2.75) is 6.92 Å². The molecule has 0 aliphatic carbocycles. The SMILES string of the molecule is CC(=O)N1CCN(C(=O)C2CNC2)CC1. The van der Waals surface area contributed by atoms with Crippen molar-refractivity contribution in [2.24, 2.45) is 5.92 Å². The minimum atomic E-state index is 0.104. The van der Waals surface area contributed by atoms with Gasteiger partial charge in [-0.15, -0.1) is 0 Å². The summed E-state index contributed by atoms with van der Waals surface area (Å²) in [5, 5.41) is 3.10. The van der Waals surface area contributed by atoms with Crippen LogP contribution in [0.2, 0.25) is 0 Å². The molecule has 0 atom stereocenters. The van der Waals surface area contributed by atoms with Crippen LogP contribution in [-0.4, -0.2) is 60.9 Å². The predicted molar refractivity (Wildman–Crippen MR) is 55.2 cm³/mol. The molecule has 2 aliphatic heterocycles. The molecular weight excluding hydrogens is 194 g/mol. The number of amides is 2. The van der Waals surface area contributed by atoms with Gasteiger partial charge in [-0.25, -0.2) is 0 Å². The fraction of sp³-hybridized carbons (Fsp3) is 0.800. The Balaban J connectivity index is 1.82. The van der Waals surface area contributed by atoms with Crippen LogP contribution in [0.15, 0.2) is 0 Å². The van der Waals surface area contributed by atoms with Crippen molar-refractivity contribution in [1.29, 1.82) is 0 Å². The van der Waals surface area contributed by atoms with Gasteiger partial charge in [-0.05, 0) is 0 Å². The summed E-state index contributed by atoms with van der Waals surface area (Å²) in [5.74, 6) is 0.526.